The number of morpholine rings is 1. The molecule has 0 aromatic carbocycles. The Labute approximate surface area is 79.2 Å². The molecule has 0 aromatic heterocycles. The van der Waals surface area contributed by atoms with E-state index in [1.165, 1.54) is 0 Å². The number of hydrogen-bond acceptors (Lipinski definition) is 3. The zero-order valence-corrected chi connectivity index (χ0v) is 8.54. The van der Waals surface area contributed by atoms with Crippen LogP contribution in [0, 0.1) is 0 Å². The number of nitrogens with zero attached hydrogens (tertiary/aromatic N) is 1. The van der Waals surface area contributed by atoms with E-state index in [9.17, 15) is 4.79 Å². The SMILES string of the molecule is CNCC1OCCN(C(C)C)C1=O. The van der Waals surface area contributed by atoms with Crippen molar-refractivity contribution in [3.63, 3.8) is 0 Å². The van der Waals surface area contributed by atoms with Crippen molar-refractivity contribution in [1.29, 1.82) is 0 Å². The zero-order valence-electron chi connectivity index (χ0n) is 8.54. The van der Waals surface area contributed by atoms with E-state index >= 15 is 0 Å². The molecule has 1 rings (SSSR count). The second-order valence-corrected chi connectivity index (χ2v) is 3.54. The summed E-state index contributed by atoms with van der Waals surface area (Å²) < 4.78 is 5.36. The molecule has 0 saturated carbocycles. The largest absolute Gasteiger partial charge is 0.365 e. The highest BCUT2D eigenvalue weighted by atomic mass is 16.5. The number of amides is 1. The maximum atomic E-state index is 11.7. The Bertz CT molecular complexity index is 180. The van der Waals surface area contributed by atoms with Crippen LogP contribution in [0.3, 0.4) is 0 Å². The normalized spacial score (nSPS) is 24.2. The van der Waals surface area contributed by atoms with Gasteiger partial charge in [-0.15, -0.1) is 0 Å². The summed E-state index contributed by atoms with van der Waals surface area (Å²) in [7, 11) is 1.82. The minimum Gasteiger partial charge on any atom is -0.365 e. The van der Waals surface area contributed by atoms with Crippen molar-refractivity contribution >= 4 is 5.91 Å². The van der Waals surface area contributed by atoms with Gasteiger partial charge in [0.25, 0.3) is 5.91 Å². The van der Waals surface area contributed by atoms with Crippen LogP contribution in [0.2, 0.25) is 0 Å². The lowest BCUT2D eigenvalue weighted by molar-refractivity contribution is -0.154. The predicted octanol–water partition coefficient (Wildman–Crippen LogP) is -0.158. The van der Waals surface area contributed by atoms with E-state index in [-0.39, 0.29) is 18.1 Å². The lowest BCUT2D eigenvalue weighted by Gasteiger charge is -2.35. The third kappa shape index (κ3) is 2.42. The van der Waals surface area contributed by atoms with E-state index in [2.05, 4.69) is 5.32 Å². The Kier molecular flexibility index (Phi) is 3.69. The number of rotatable bonds is 3. The second-order valence-electron chi connectivity index (χ2n) is 3.54. The van der Waals surface area contributed by atoms with E-state index in [1.54, 1.807) is 0 Å². The molecule has 1 fully saturated rings. The third-order valence-electron chi connectivity index (χ3n) is 2.22. The molecule has 1 amide bonds. The van der Waals surface area contributed by atoms with Crippen LogP contribution in [0.4, 0.5) is 0 Å². The average molecular weight is 186 g/mol. The topological polar surface area (TPSA) is 41.6 Å². The van der Waals surface area contributed by atoms with Gasteiger partial charge in [0, 0.05) is 19.1 Å². The van der Waals surface area contributed by atoms with Gasteiger partial charge in [0.2, 0.25) is 0 Å². The molecular weight excluding hydrogens is 168 g/mol. The molecule has 1 saturated heterocycles. The fourth-order valence-corrected chi connectivity index (χ4v) is 1.50. The van der Waals surface area contributed by atoms with Gasteiger partial charge in [-0.05, 0) is 20.9 Å². The first-order chi connectivity index (χ1) is 6.16. The van der Waals surface area contributed by atoms with Crippen LogP contribution in [0.25, 0.3) is 0 Å². The molecule has 1 heterocycles. The molecule has 4 nitrogen and oxygen atoms in total. The minimum absolute atomic E-state index is 0.107. The molecule has 0 aromatic rings. The lowest BCUT2D eigenvalue weighted by atomic mass is 10.2. The monoisotopic (exact) mass is 186 g/mol. The summed E-state index contributed by atoms with van der Waals surface area (Å²) in [6.07, 6.45) is -0.291. The van der Waals surface area contributed by atoms with Crippen LogP contribution in [-0.2, 0) is 9.53 Å². The van der Waals surface area contributed by atoms with Gasteiger partial charge < -0.3 is 15.0 Å². The van der Waals surface area contributed by atoms with Gasteiger partial charge in [-0.25, -0.2) is 0 Å². The first-order valence-electron chi connectivity index (χ1n) is 4.73. The summed E-state index contributed by atoms with van der Waals surface area (Å²) in [5.74, 6) is 0.107. The van der Waals surface area contributed by atoms with Gasteiger partial charge in [-0.2, -0.15) is 0 Å². The van der Waals surface area contributed by atoms with Crippen LogP contribution in [0.15, 0.2) is 0 Å². The highest BCUT2D eigenvalue weighted by molar-refractivity contribution is 5.82. The van der Waals surface area contributed by atoms with Gasteiger partial charge >= 0.3 is 0 Å². The van der Waals surface area contributed by atoms with Gasteiger partial charge in [0.1, 0.15) is 6.10 Å². The van der Waals surface area contributed by atoms with Crippen LogP contribution < -0.4 is 5.32 Å². The van der Waals surface area contributed by atoms with Crippen molar-refractivity contribution in [2.45, 2.75) is 26.0 Å². The molecule has 1 aliphatic rings. The van der Waals surface area contributed by atoms with Crippen molar-refractivity contribution in [3.05, 3.63) is 0 Å². The quantitative estimate of drug-likeness (QED) is 0.666. The highest BCUT2D eigenvalue weighted by Crippen LogP contribution is 2.09. The highest BCUT2D eigenvalue weighted by Gasteiger charge is 2.30. The average Bonchev–Trinajstić information content (AvgIpc) is 2.08. The molecule has 1 aliphatic heterocycles. The predicted molar refractivity (Wildman–Crippen MR) is 50.5 cm³/mol. The molecule has 0 aliphatic carbocycles. The molecule has 0 spiro atoms. The van der Waals surface area contributed by atoms with Crippen molar-refractivity contribution in [2.24, 2.45) is 0 Å². The first-order valence-corrected chi connectivity index (χ1v) is 4.73. The minimum atomic E-state index is -0.291. The van der Waals surface area contributed by atoms with Gasteiger partial charge in [0.15, 0.2) is 0 Å². The summed E-state index contributed by atoms with van der Waals surface area (Å²) in [6.45, 7) is 6.02. The van der Waals surface area contributed by atoms with Crippen LogP contribution >= 0.6 is 0 Å². The fraction of sp³-hybridized carbons (Fsp3) is 0.889. The molecule has 13 heavy (non-hydrogen) atoms. The summed E-state index contributed by atoms with van der Waals surface area (Å²) >= 11 is 0. The third-order valence-corrected chi connectivity index (χ3v) is 2.22. The van der Waals surface area contributed by atoms with Crippen molar-refractivity contribution in [1.82, 2.24) is 10.2 Å². The number of hydrogen-bond donors (Lipinski definition) is 1. The van der Waals surface area contributed by atoms with Gasteiger partial charge in [-0.1, -0.05) is 0 Å². The maximum absolute atomic E-state index is 11.7. The Balaban J connectivity index is 2.55. The fourth-order valence-electron chi connectivity index (χ4n) is 1.50. The summed E-state index contributed by atoms with van der Waals surface area (Å²) in [5, 5.41) is 2.95. The number of carbonyl (C=O) groups excluding carboxylic acids is 1. The summed E-state index contributed by atoms with van der Waals surface area (Å²) in [4.78, 5) is 13.6. The lowest BCUT2D eigenvalue weighted by Crippen LogP contribution is -2.53. The van der Waals surface area contributed by atoms with E-state index in [0.717, 1.165) is 6.54 Å². The van der Waals surface area contributed by atoms with Crippen molar-refractivity contribution in [2.75, 3.05) is 26.7 Å². The number of nitrogens with one attached hydrogen (secondary N) is 1. The van der Waals surface area contributed by atoms with Crippen LogP contribution in [-0.4, -0.2) is 49.7 Å². The number of likely N-dealkylation sites (N-methyl/N-ethyl adjacent to an activating group) is 1. The number of carbonyl (C=O) groups is 1. The Morgan fingerprint density at radius 2 is 2.38 bits per heavy atom. The van der Waals surface area contributed by atoms with Gasteiger partial charge in [-0.3, -0.25) is 4.79 Å². The summed E-state index contributed by atoms with van der Waals surface area (Å²) in [6, 6.07) is 0.274. The van der Waals surface area contributed by atoms with Crippen LogP contribution in [0.5, 0.6) is 0 Å². The molecular formula is C9H18N2O2. The van der Waals surface area contributed by atoms with Crippen LogP contribution in [0.1, 0.15) is 13.8 Å². The number of ether oxygens (including phenoxy) is 1. The van der Waals surface area contributed by atoms with Gasteiger partial charge in [0.05, 0.1) is 6.61 Å². The first kappa shape index (κ1) is 10.5. The second kappa shape index (κ2) is 4.58. The van der Waals surface area contributed by atoms with Crippen molar-refractivity contribution < 1.29 is 9.53 Å². The van der Waals surface area contributed by atoms with E-state index < -0.39 is 0 Å². The standard InChI is InChI=1S/C9H18N2O2/c1-7(2)11-4-5-13-8(6-10-3)9(11)12/h7-8,10H,4-6H2,1-3H3. The molecule has 4 heteroatoms. The molecule has 0 radical (unpaired) electrons. The molecule has 1 atom stereocenters. The Morgan fingerprint density at radius 3 is 2.92 bits per heavy atom. The Morgan fingerprint density at radius 1 is 1.69 bits per heavy atom. The van der Waals surface area contributed by atoms with E-state index in [1.807, 2.05) is 25.8 Å². The summed E-state index contributed by atoms with van der Waals surface area (Å²) in [5.41, 5.74) is 0. The van der Waals surface area contributed by atoms with E-state index in [0.29, 0.717) is 13.2 Å². The zero-order chi connectivity index (χ0) is 9.84. The Hall–Kier alpha value is -0.610. The molecule has 1 unspecified atom stereocenters. The van der Waals surface area contributed by atoms with E-state index in [4.69, 9.17) is 4.74 Å². The molecule has 0 bridgehead atoms. The molecule has 1 N–H and O–H groups in total. The smallest absolute Gasteiger partial charge is 0.253 e. The maximum Gasteiger partial charge on any atom is 0.253 e. The van der Waals surface area contributed by atoms with Crippen molar-refractivity contribution in [3.8, 4) is 0 Å². The molecule has 76 valence electrons.